The van der Waals surface area contributed by atoms with Crippen molar-refractivity contribution in [2.75, 3.05) is 11.9 Å². The molecule has 3 aromatic heterocycles. The van der Waals surface area contributed by atoms with E-state index in [1.807, 2.05) is 23.6 Å². The fourth-order valence-corrected chi connectivity index (χ4v) is 3.83. The third-order valence-corrected chi connectivity index (χ3v) is 5.25. The third kappa shape index (κ3) is 4.30. The Morgan fingerprint density at radius 3 is 2.85 bits per heavy atom. The molecule has 3 heterocycles. The molecule has 3 aromatic rings. The predicted octanol–water partition coefficient (Wildman–Crippen LogP) is 3.33. The van der Waals surface area contributed by atoms with Crippen molar-refractivity contribution in [3.63, 3.8) is 0 Å². The number of nitrogens with one attached hydrogen (secondary N) is 1. The van der Waals surface area contributed by atoms with E-state index in [1.165, 1.54) is 11.3 Å². The molecule has 0 aliphatic carbocycles. The van der Waals surface area contributed by atoms with Crippen molar-refractivity contribution in [2.45, 2.75) is 20.3 Å². The number of anilines is 1. The van der Waals surface area contributed by atoms with E-state index < -0.39 is 5.97 Å². The molecule has 134 valence electrons. The molecule has 0 aliphatic heterocycles. The Hall–Kier alpha value is -2.65. The maximum atomic E-state index is 12.2. The van der Waals surface area contributed by atoms with Gasteiger partial charge in [-0.15, -0.1) is 11.3 Å². The number of carbonyl (C=O) groups excluding carboxylic acids is 2. The number of hydrogen-bond donors (Lipinski definition) is 1. The number of pyridine rings is 1. The summed E-state index contributed by atoms with van der Waals surface area (Å²) in [6.07, 6.45) is 1.83. The van der Waals surface area contributed by atoms with Gasteiger partial charge < -0.3 is 10.1 Å². The summed E-state index contributed by atoms with van der Waals surface area (Å²) < 4.78 is 4.97. The van der Waals surface area contributed by atoms with Gasteiger partial charge in [-0.1, -0.05) is 17.4 Å². The van der Waals surface area contributed by atoms with Crippen molar-refractivity contribution in [3.05, 3.63) is 46.0 Å². The van der Waals surface area contributed by atoms with Gasteiger partial charge in [0.2, 0.25) is 5.91 Å². The number of carbonyl (C=O) groups is 2. The van der Waals surface area contributed by atoms with Gasteiger partial charge in [-0.25, -0.2) is 14.8 Å². The van der Waals surface area contributed by atoms with Crippen LogP contribution in [0.5, 0.6) is 0 Å². The number of amides is 1. The minimum absolute atomic E-state index is 0.122. The van der Waals surface area contributed by atoms with Crippen LogP contribution in [0.1, 0.15) is 28.0 Å². The second kappa shape index (κ2) is 8.15. The van der Waals surface area contributed by atoms with Crippen LogP contribution in [0.2, 0.25) is 0 Å². The largest absolute Gasteiger partial charge is 0.462 e. The molecule has 0 fully saturated rings. The Labute approximate surface area is 158 Å². The third-order valence-electron chi connectivity index (χ3n) is 3.28. The maximum absolute atomic E-state index is 12.2. The van der Waals surface area contributed by atoms with Gasteiger partial charge in [-0.2, -0.15) is 0 Å². The van der Waals surface area contributed by atoms with E-state index in [4.69, 9.17) is 4.74 Å². The van der Waals surface area contributed by atoms with Crippen LogP contribution >= 0.6 is 22.7 Å². The average molecular weight is 388 g/mol. The fourth-order valence-electron chi connectivity index (χ4n) is 2.16. The van der Waals surface area contributed by atoms with E-state index in [2.05, 4.69) is 20.3 Å². The Balaban J connectivity index is 1.64. The van der Waals surface area contributed by atoms with E-state index in [-0.39, 0.29) is 12.3 Å². The SMILES string of the molecule is CCOC(=O)c1sc(NC(=O)Cc2csc(-c3ccccn3)n2)nc1C. The Morgan fingerprint density at radius 1 is 1.27 bits per heavy atom. The van der Waals surface area contributed by atoms with Crippen molar-refractivity contribution in [2.24, 2.45) is 0 Å². The minimum Gasteiger partial charge on any atom is -0.462 e. The number of aromatic nitrogens is 3. The van der Waals surface area contributed by atoms with Crippen molar-refractivity contribution >= 4 is 39.7 Å². The second-order valence-electron chi connectivity index (χ2n) is 5.24. The average Bonchev–Trinajstić information content (AvgIpc) is 3.22. The lowest BCUT2D eigenvalue weighted by atomic mass is 10.3. The summed E-state index contributed by atoms with van der Waals surface area (Å²) in [7, 11) is 0. The van der Waals surface area contributed by atoms with E-state index in [0.717, 1.165) is 22.0 Å². The molecule has 26 heavy (non-hydrogen) atoms. The van der Waals surface area contributed by atoms with Crippen molar-refractivity contribution in [1.29, 1.82) is 0 Å². The zero-order valence-electron chi connectivity index (χ0n) is 14.2. The molecule has 1 N–H and O–H groups in total. The van der Waals surface area contributed by atoms with Crippen LogP contribution in [0.25, 0.3) is 10.7 Å². The summed E-state index contributed by atoms with van der Waals surface area (Å²) >= 11 is 2.54. The summed E-state index contributed by atoms with van der Waals surface area (Å²) in [5.41, 5.74) is 1.97. The van der Waals surface area contributed by atoms with Crippen LogP contribution in [0.15, 0.2) is 29.8 Å². The summed E-state index contributed by atoms with van der Waals surface area (Å²) in [5, 5.41) is 5.68. The highest BCUT2D eigenvalue weighted by molar-refractivity contribution is 7.17. The normalized spacial score (nSPS) is 10.5. The first-order valence-electron chi connectivity index (χ1n) is 7.87. The first kappa shape index (κ1) is 18.2. The molecule has 0 bridgehead atoms. The number of aryl methyl sites for hydroxylation is 1. The Morgan fingerprint density at radius 2 is 2.12 bits per heavy atom. The highest BCUT2D eigenvalue weighted by Crippen LogP contribution is 2.24. The molecule has 0 aromatic carbocycles. The van der Waals surface area contributed by atoms with Crippen LogP contribution in [0.3, 0.4) is 0 Å². The standard InChI is InChI=1S/C17H16N4O3S2/c1-3-24-16(23)14-10(2)19-17(26-14)21-13(22)8-11-9-25-15(20-11)12-6-4-5-7-18-12/h4-7,9H,3,8H2,1-2H3,(H,19,21,22). The van der Waals surface area contributed by atoms with Gasteiger partial charge in [0.15, 0.2) is 5.13 Å². The van der Waals surface area contributed by atoms with Crippen LogP contribution in [-0.2, 0) is 16.0 Å². The fraction of sp³-hybridized carbons (Fsp3) is 0.235. The van der Waals surface area contributed by atoms with Crippen LogP contribution < -0.4 is 5.32 Å². The lowest BCUT2D eigenvalue weighted by molar-refractivity contribution is -0.115. The van der Waals surface area contributed by atoms with E-state index >= 15 is 0 Å². The maximum Gasteiger partial charge on any atom is 0.350 e. The summed E-state index contributed by atoms with van der Waals surface area (Å²) in [6.45, 7) is 3.74. The van der Waals surface area contributed by atoms with Gasteiger partial charge in [-0.05, 0) is 26.0 Å². The molecule has 0 spiro atoms. The van der Waals surface area contributed by atoms with E-state index in [0.29, 0.717) is 28.0 Å². The molecular weight excluding hydrogens is 372 g/mol. The number of nitrogens with zero attached hydrogens (tertiary/aromatic N) is 3. The molecule has 1 amide bonds. The quantitative estimate of drug-likeness (QED) is 0.651. The molecular formula is C17H16N4O3S2. The van der Waals surface area contributed by atoms with Crippen molar-refractivity contribution in [3.8, 4) is 10.7 Å². The van der Waals surface area contributed by atoms with Gasteiger partial charge in [0.25, 0.3) is 0 Å². The molecule has 9 heteroatoms. The highest BCUT2D eigenvalue weighted by Gasteiger charge is 2.18. The zero-order valence-corrected chi connectivity index (χ0v) is 15.8. The van der Waals surface area contributed by atoms with Gasteiger partial charge in [0.05, 0.1) is 30.1 Å². The van der Waals surface area contributed by atoms with Gasteiger partial charge in [0, 0.05) is 11.6 Å². The summed E-state index contributed by atoms with van der Waals surface area (Å²) in [6, 6.07) is 5.60. The molecule has 0 aliphatic rings. The van der Waals surface area contributed by atoms with E-state index in [1.54, 1.807) is 20.0 Å². The zero-order chi connectivity index (χ0) is 18.5. The topological polar surface area (TPSA) is 94.1 Å². The lowest BCUT2D eigenvalue weighted by Crippen LogP contribution is -2.14. The first-order valence-corrected chi connectivity index (χ1v) is 9.56. The van der Waals surface area contributed by atoms with Gasteiger partial charge >= 0.3 is 5.97 Å². The van der Waals surface area contributed by atoms with Crippen molar-refractivity contribution in [1.82, 2.24) is 15.0 Å². The molecule has 0 unspecified atom stereocenters. The summed E-state index contributed by atoms with van der Waals surface area (Å²) in [4.78, 5) is 37.3. The number of thiazole rings is 2. The minimum atomic E-state index is -0.428. The van der Waals surface area contributed by atoms with Crippen molar-refractivity contribution < 1.29 is 14.3 Å². The molecule has 0 saturated carbocycles. The highest BCUT2D eigenvalue weighted by atomic mass is 32.1. The number of rotatable bonds is 6. The molecule has 0 saturated heterocycles. The predicted molar refractivity (Wildman–Crippen MR) is 100 cm³/mol. The van der Waals surface area contributed by atoms with Gasteiger partial charge in [-0.3, -0.25) is 9.78 Å². The molecule has 7 nitrogen and oxygen atoms in total. The number of ether oxygens (including phenoxy) is 1. The van der Waals surface area contributed by atoms with E-state index in [9.17, 15) is 9.59 Å². The van der Waals surface area contributed by atoms with Crippen LogP contribution in [-0.4, -0.2) is 33.4 Å². The molecule has 0 atom stereocenters. The lowest BCUT2D eigenvalue weighted by Gasteiger charge is -1.99. The Bertz CT molecular complexity index is 921. The summed E-state index contributed by atoms with van der Waals surface area (Å²) in [5.74, 6) is -0.672. The second-order valence-corrected chi connectivity index (χ2v) is 7.10. The first-order chi connectivity index (χ1) is 12.6. The number of esters is 1. The monoisotopic (exact) mass is 388 g/mol. The smallest absolute Gasteiger partial charge is 0.350 e. The Kier molecular flexibility index (Phi) is 5.69. The number of hydrogen-bond acceptors (Lipinski definition) is 8. The van der Waals surface area contributed by atoms with Crippen LogP contribution in [0, 0.1) is 6.92 Å². The molecule has 0 radical (unpaired) electrons. The molecule has 3 rings (SSSR count). The van der Waals surface area contributed by atoms with Crippen LogP contribution in [0.4, 0.5) is 5.13 Å². The van der Waals surface area contributed by atoms with Gasteiger partial charge in [0.1, 0.15) is 9.88 Å².